The van der Waals surface area contributed by atoms with E-state index >= 15 is 0 Å². The Balaban J connectivity index is 1.89. The van der Waals surface area contributed by atoms with E-state index in [1.807, 2.05) is 31.2 Å². The molecule has 2 atom stereocenters. The zero-order valence-corrected chi connectivity index (χ0v) is 18.9. The summed E-state index contributed by atoms with van der Waals surface area (Å²) in [6, 6.07) is 7.62. The molecule has 170 valence electrons. The van der Waals surface area contributed by atoms with Gasteiger partial charge >= 0.3 is 0 Å². The average molecular weight is 423 g/mol. The number of amides is 1. The highest BCUT2D eigenvalue weighted by Gasteiger charge is 2.26. The molecule has 1 saturated heterocycles. The lowest BCUT2D eigenvalue weighted by Gasteiger charge is -2.36. The highest BCUT2D eigenvalue weighted by Crippen LogP contribution is 2.12. The number of rotatable bonds is 12. The van der Waals surface area contributed by atoms with Crippen LogP contribution < -0.4 is 0 Å². The number of hydrogen-bond acceptors (Lipinski definition) is 6. The maximum absolute atomic E-state index is 13.0. The summed E-state index contributed by atoms with van der Waals surface area (Å²) in [5.74, 6) is 0.434. The molecule has 7 nitrogen and oxygen atoms in total. The first kappa shape index (κ1) is 24.8. The van der Waals surface area contributed by atoms with E-state index < -0.39 is 6.10 Å². The fourth-order valence-corrected chi connectivity index (χ4v) is 3.45. The van der Waals surface area contributed by atoms with Gasteiger partial charge in [-0.2, -0.15) is 0 Å². The summed E-state index contributed by atoms with van der Waals surface area (Å²) >= 11 is 0. The molecule has 0 unspecified atom stereocenters. The minimum absolute atomic E-state index is 0.0186. The lowest BCUT2D eigenvalue weighted by molar-refractivity contribution is -0.0605. The molecule has 1 aliphatic heterocycles. The Kier molecular flexibility index (Phi) is 10.7. The van der Waals surface area contributed by atoms with Crippen LogP contribution >= 0.6 is 0 Å². The second-order valence-electron chi connectivity index (χ2n) is 8.45. The van der Waals surface area contributed by atoms with Crippen molar-refractivity contribution in [2.75, 3.05) is 66.3 Å². The van der Waals surface area contributed by atoms with Gasteiger partial charge in [-0.15, -0.1) is 0 Å². The van der Waals surface area contributed by atoms with E-state index in [4.69, 9.17) is 14.2 Å². The number of carbonyl (C=O) groups excluding carboxylic acids is 1. The van der Waals surface area contributed by atoms with Crippen LogP contribution in [-0.4, -0.2) is 99.3 Å². The summed E-state index contributed by atoms with van der Waals surface area (Å²) in [6.07, 6.45) is -0.630. The van der Waals surface area contributed by atoms with Crippen LogP contribution in [0.3, 0.4) is 0 Å². The van der Waals surface area contributed by atoms with Gasteiger partial charge < -0.3 is 24.2 Å². The third-order valence-corrected chi connectivity index (χ3v) is 5.03. The highest BCUT2D eigenvalue weighted by atomic mass is 16.5. The first-order chi connectivity index (χ1) is 14.4. The van der Waals surface area contributed by atoms with Crippen molar-refractivity contribution >= 4 is 5.91 Å². The summed E-state index contributed by atoms with van der Waals surface area (Å²) in [6.45, 7) is 11.2. The van der Waals surface area contributed by atoms with Crippen LogP contribution in [0.4, 0.5) is 0 Å². The number of hydrogen-bond donors (Lipinski definition) is 1. The van der Waals surface area contributed by atoms with E-state index in [0.29, 0.717) is 64.1 Å². The maximum Gasteiger partial charge on any atom is 0.254 e. The first-order valence-corrected chi connectivity index (χ1v) is 10.8. The number of ether oxygens (including phenoxy) is 3. The standard InChI is InChI=1S/C23H38N2O5/c1-18(2)16-29-17-21(26)13-24-9-12-30-22(14-24)15-25(10-11-28-4)23(27)20-7-5-19(3)6-8-20/h5-8,18,21-22,26H,9-17H2,1-4H3/t21-,22-/m0/s1. The molecule has 0 aromatic heterocycles. The Hall–Kier alpha value is -1.51. The highest BCUT2D eigenvalue weighted by molar-refractivity contribution is 5.94. The summed E-state index contributed by atoms with van der Waals surface area (Å²) in [5, 5.41) is 10.3. The number of β-amino-alcohol motifs (C(OH)–C–C–N with tert-alkyl or cyclic N) is 1. The summed E-state index contributed by atoms with van der Waals surface area (Å²) < 4.78 is 16.7. The summed E-state index contributed by atoms with van der Waals surface area (Å²) in [4.78, 5) is 17.0. The largest absolute Gasteiger partial charge is 0.389 e. The first-order valence-electron chi connectivity index (χ1n) is 10.8. The monoisotopic (exact) mass is 422 g/mol. The molecule has 1 fully saturated rings. The average Bonchev–Trinajstić information content (AvgIpc) is 2.71. The molecule has 0 aliphatic carbocycles. The van der Waals surface area contributed by atoms with E-state index in [1.54, 1.807) is 12.0 Å². The number of benzene rings is 1. The molecule has 1 heterocycles. The Labute approximate surface area is 180 Å². The molecule has 0 spiro atoms. The molecule has 1 aromatic rings. The van der Waals surface area contributed by atoms with Crippen molar-refractivity contribution < 1.29 is 24.1 Å². The normalized spacial score (nSPS) is 18.5. The fraction of sp³-hybridized carbons (Fsp3) is 0.696. The summed E-state index contributed by atoms with van der Waals surface area (Å²) in [5.41, 5.74) is 1.79. The van der Waals surface area contributed by atoms with Crippen LogP contribution in [0.2, 0.25) is 0 Å². The number of methoxy groups -OCH3 is 1. The van der Waals surface area contributed by atoms with Crippen molar-refractivity contribution in [3.8, 4) is 0 Å². The van der Waals surface area contributed by atoms with Gasteiger partial charge in [0.2, 0.25) is 0 Å². The smallest absolute Gasteiger partial charge is 0.254 e. The maximum atomic E-state index is 13.0. The third-order valence-electron chi connectivity index (χ3n) is 5.03. The molecule has 0 saturated carbocycles. The minimum atomic E-state index is -0.527. The van der Waals surface area contributed by atoms with Crippen molar-refractivity contribution in [3.63, 3.8) is 0 Å². The Morgan fingerprint density at radius 2 is 2.03 bits per heavy atom. The number of nitrogens with zero attached hydrogens (tertiary/aromatic N) is 2. The quantitative estimate of drug-likeness (QED) is 0.554. The van der Waals surface area contributed by atoms with Crippen molar-refractivity contribution in [3.05, 3.63) is 35.4 Å². The van der Waals surface area contributed by atoms with Gasteiger partial charge in [0.05, 0.1) is 32.0 Å². The Bertz CT molecular complexity index is 623. The number of carbonyl (C=O) groups is 1. The zero-order chi connectivity index (χ0) is 21.9. The molecule has 30 heavy (non-hydrogen) atoms. The molecule has 0 bridgehead atoms. The van der Waals surface area contributed by atoms with Gasteiger partial charge in [0.15, 0.2) is 0 Å². The van der Waals surface area contributed by atoms with E-state index in [1.165, 1.54) is 0 Å². The van der Waals surface area contributed by atoms with Crippen molar-refractivity contribution in [2.24, 2.45) is 5.92 Å². The minimum Gasteiger partial charge on any atom is -0.389 e. The molecule has 7 heteroatoms. The number of morpholine rings is 1. The van der Waals surface area contributed by atoms with Crippen LogP contribution in [0.5, 0.6) is 0 Å². The molecule has 0 radical (unpaired) electrons. The van der Waals surface area contributed by atoms with Crippen LogP contribution in [-0.2, 0) is 14.2 Å². The van der Waals surface area contributed by atoms with Crippen LogP contribution in [0.1, 0.15) is 29.8 Å². The van der Waals surface area contributed by atoms with Crippen molar-refractivity contribution in [1.29, 1.82) is 0 Å². The Morgan fingerprint density at radius 3 is 2.70 bits per heavy atom. The lowest BCUT2D eigenvalue weighted by atomic mass is 10.1. The van der Waals surface area contributed by atoms with Crippen molar-refractivity contribution in [2.45, 2.75) is 33.0 Å². The van der Waals surface area contributed by atoms with Gasteiger partial charge in [0.1, 0.15) is 0 Å². The molecular formula is C23H38N2O5. The SMILES string of the molecule is COCCN(C[C@@H]1CN(C[C@H](O)COCC(C)C)CCO1)C(=O)c1ccc(C)cc1. The molecule has 1 N–H and O–H groups in total. The molecular weight excluding hydrogens is 384 g/mol. The number of aryl methyl sites for hydroxylation is 1. The second-order valence-corrected chi connectivity index (χ2v) is 8.45. The molecule has 2 rings (SSSR count). The van der Waals surface area contributed by atoms with Crippen LogP contribution in [0.25, 0.3) is 0 Å². The van der Waals surface area contributed by atoms with Gasteiger partial charge in [-0.3, -0.25) is 9.69 Å². The van der Waals surface area contributed by atoms with Crippen LogP contribution in [0.15, 0.2) is 24.3 Å². The van der Waals surface area contributed by atoms with Gasteiger partial charge in [-0.05, 0) is 25.0 Å². The van der Waals surface area contributed by atoms with E-state index in [-0.39, 0.29) is 12.0 Å². The topological polar surface area (TPSA) is 71.5 Å². The van der Waals surface area contributed by atoms with Gasteiger partial charge in [0, 0.05) is 52.0 Å². The predicted octanol–water partition coefficient (Wildman–Crippen LogP) is 1.82. The fourth-order valence-electron chi connectivity index (χ4n) is 3.45. The number of aliphatic hydroxyl groups excluding tert-OH is 1. The molecule has 1 aromatic carbocycles. The Morgan fingerprint density at radius 1 is 1.30 bits per heavy atom. The van der Waals surface area contributed by atoms with Crippen LogP contribution in [0, 0.1) is 12.8 Å². The molecule has 1 aliphatic rings. The van der Waals surface area contributed by atoms with Crippen molar-refractivity contribution in [1.82, 2.24) is 9.80 Å². The van der Waals surface area contributed by atoms with E-state index in [9.17, 15) is 9.90 Å². The number of aliphatic hydroxyl groups is 1. The second kappa shape index (κ2) is 13.0. The van der Waals surface area contributed by atoms with E-state index in [0.717, 1.165) is 12.1 Å². The van der Waals surface area contributed by atoms with Gasteiger partial charge in [0.25, 0.3) is 5.91 Å². The van der Waals surface area contributed by atoms with Gasteiger partial charge in [-0.1, -0.05) is 31.5 Å². The molecule has 1 amide bonds. The van der Waals surface area contributed by atoms with Gasteiger partial charge in [-0.25, -0.2) is 0 Å². The lowest BCUT2D eigenvalue weighted by Crippen LogP contribution is -2.51. The van der Waals surface area contributed by atoms with E-state index in [2.05, 4.69) is 18.7 Å². The zero-order valence-electron chi connectivity index (χ0n) is 18.9. The predicted molar refractivity (Wildman–Crippen MR) is 117 cm³/mol. The third kappa shape index (κ3) is 8.70. The summed E-state index contributed by atoms with van der Waals surface area (Å²) in [7, 11) is 1.64.